The molecule has 1 unspecified atom stereocenters. The van der Waals surface area contributed by atoms with Crippen LogP contribution in [0.3, 0.4) is 0 Å². The van der Waals surface area contributed by atoms with Crippen LogP contribution in [0.4, 0.5) is 0 Å². The van der Waals surface area contributed by atoms with E-state index < -0.39 is 20.9 Å². The molecule has 1 atom stereocenters. The van der Waals surface area contributed by atoms with E-state index in [0.717, 1.165) is 0 Å². The molecule has 0 aliphatic carbocycles. The summed E-state index contributed by atoms with van der Waals surface area (Å²) < 4.78 is 26.0. The first kappa shape index (κ1) is 19.3. The van der Waals surface area contributed by atoms with E-state index in [0.29, 0.717) is 51.0 Å². The molecule has 3 aliphatic rings. The maximum Gasteiger partial charge on any atom is 0.255 e. The van der Waals surface area contributed by atoms with Gasteiger partial charge in [0, 0.05) is 57.6 Å². The standard InChI is InChI=1S/C19H26N4O4S/c1-21-9-7-19(17(21)25)14-23(28(2,26)27)13-18(19)5-10-22(11-6-18)16(24)15-4-3-8-20-12-15/h3-4,8,12H,5-7,9-11,13-14H2,1-2H3. The lowest BCUT2D eigenvalue weighted by Crippen LogP contribution is -2.53. The van der Waals surface area contributed by atoms with Gasteiger partial charge in [0.25, 0.3) is 5.91 Å². The number of amides is 2. The zero-order chi connectivity index (χ0) is 20.2. The molecule has 152 valence electrons. The number of hydrogen-bond acceptors (Lipinski definition) is 5. The van der Waals surface area contributed by atoms with Crippen molar-refractivity contribution < 1.29 is 18.0 Å². The van der Waals surface area contributed by atoms with Gasteiger partial charge in [0.2, 0.25) is 15.9 Å². The molecule has 4 heterocycles. The number of sulfonamides is 1. The molecule has 3 saturated heterocycles. The number of pyridine rings is 1. The van der Waals surface area contributed by atoms with Crippen LogP contribution in [0.1, 0.15) is 29.6 Å². The van der Waals surface area contributed by atoms with Gasteiger partial charge in [-0.1, -0.05) is 0 Å². The first-order chi connectivity index (χ1) is 13.2. The summed E-state index contributed by atoms with van der Waals surface area (Å²) in [5.74, 6) is -0.0180. The highest BCUT2D eigenvalue weighted by Crippen LogP contribution is 2.58. The summed E-state index contributed by atoms with van der Waals surface area (Å²) in [4.78, 5) is 33.4. The molecule has 3 fully saturated rings. The summed E-state index contributed by atoms with van der Waals surface area (Å²) in [6.07, 6.45) is 6.33. The van der Waals surface area contributed by atoms with E-state index in [9.17, 15) is 18.0 Å². The second kappa shape index (κ2) is 6.52. The minimum atomic E-state index is -3.38. The molecule has 0 bridgehead atoms. The van der Waals surface area contributed by atoms with Crippen molar-refractivity contribution in [3.05, 3.63) is 30.1 Å². The fraction of sp³-hybridized carbons (Fsp3) is 0.632. The predicted molar refractivity (Wildman–Crippen MR) is 103 cm³/mol. The van der Waals surface area contributed by atoms with E-state index in [1.54, 1.807) is 41.4 Å². The fourth-order valence-electron chi connectivity index (χ4n) is 5.27. The number of piperidine rings is 1. The van der Waals surface area contributed by atoms with Crippen molar-refractivity contribution >= 4 is 21.8 Å². The molecule has 28 heavy (non-hydrogen) atoms. The Bertz CT molecular complexity index is 896. The first-order valence-electron chi connectivity index (χ1n) is 9.59. The maximum absolute atomic E-state index is 13.1. The zero-order valence-electron chi connectivity index (χ0n) is 16.3. The number of aromatic nitrogens is 1. The summed E-state index contributed by atoms with van der Waals surface area (Å²) in [7, 11) is -1.59. The highest BCUT2D eigenvalue weighted by Gasteiger charge is 2.66. The van der Waals surface area contributed by atoms with Crippen molar-refractivity contribution in [2.24, 2.45) is 10.8 Å². The zero-order valence-corrected chi connectivity index (χ0v) is 17.1. The highest BCUT2D eigenvalue weighted by molar-refractivity contribution is 7.88. The Balaban J connectivity index is 1.60. The van der Waals surface area contributed by atoms with Gasteiger partial charge in [0.05, 0.1) is 17.2 Å². The van der Waals surface area contributed by atoms with Gasteiger partial charge in [0.1, 0.15) is 0 Å². The van der Waals surface area contributed by atoms with Crippen LogP contribution in [0, 0.1) is 10.8 Å². The fourth-order valence-corrected chi connectivity index (χ4v) is 6.20. The SMILES string of the molecule is CN1CCC2(CN(S(C)(=O)=O)CC23CCN(C(=O)c2cccnc2)CC3)C1=O. The molecule has 3 aliphatic heterocycles. The summed E-state index contributed by atoms with van der Waals surface area (Å²) in [5, 5.41) is 0. The third-order valence-corrected chi connectivity index (χ3v) is 8.15. The monoisotopic (exact) mass is 406 g/mol. The smallest absolute Gasteiger partial charge is 0.255 e. The van der Waals surface area contributed by atoms with Crippen molar-refractivity contribution in [2.45, 2.75) is 19.3 Å². The van der Waals surface area contributed by atoms with Crippen LogP contribution >= 0.6 is 0 Å². The van der Waals surface area contributed by atoms with Crippen LogP contribution in [0.15, 0.2) is 24.5 Å². The molecular weight excluding hydrogens is 380 g/mol. The van der Waals surface area contributed by atoms with E-state index in [-0.39, 0.29) is 18.4 Å². The number of rotatable bonds is 2. The third-order valence-electron chi connectivity index (χ3n) is 6.96. The number of likely N-dealkylation sites (tertiary alicyclic amines) is 2. The number of hydrogen-bond donors (Lipinski definition) is 0. The number of nitrogens with zero attached hydrogens (tertiary/aromatic N) is 4. The number of carbonyl (C=O) groups excluding carboxylic acids is 2. The molecule has 2 amide bonds. The van der Waals surface area contributed by atoms with Gasteiger partial charge in [-0.25, -0.2) is 12.7 Å². The molecule has 0 radical (unpaired) electrons. The van der Waals surface area contributed by atoms with Crippen LogP contribution in [0.2, 0.25) is 0 Å². The van der Waals surface area contributed by atoms with Crippen molar-refractivity contribution in [1.82, 2.24) is 19.1 Å². The van der Waals surface area contributed by atoms with Crippen molar-refractivity contribution in [2.75, 3.05) is 46.0 Å². The van der Waals surface area contributed by atoms with E-state index >= 15 is 0 Å². The van der Waals surface area contributed by atoms with Crippen LogP contribution in [0.5, 0.6) is 0 Å². The summed E-state index contributed by atoms with van der Waals surface area (Å²) >= 11 is 0. The number of carbonyl (C=O) groups is 2. The third kappa shape index (κ3) is 2.83. The van der Waals surface area contributed by atoms with Crippen molar-refractivity contribution in [3.8, 4) is 0 Å². The molecule has 0 saturated carbocycles. The lowest BCUT2D eigenvalue weighted by molar-refractivity contribution is -0.141. The Morgan fingerprint density at radius 1 is 1.14 bits per heavy atom. The molecule has 0 aromatic carbocycles. The normalized spacial score (nSPS) is 27.9. The Morgan fingerprint density at radius 3 is 2.39 bits per heavy atom. The van der Waals surface area contributed by atoms with Gasteiger partial charge in [-0.05, 0) is 31.4 Å². The maximum atomic E-state index is 13.1. The Kier molecular flexibility index (Phi) is 4.50. The van der Waals surface area contributed by atoms with E-state index in [2.05, 4.69) is 4.98 Å². The molecule has 2 spiro atoms. The van der Waals surface area contributed by atoms with E-state index in [1.165, 1.54) is 10.6 Å². The summed E-state index contributed by atoms with van der Waals surface area (Å²) in [6.45, 7) is 2.30. The highest BCUT2D eigenvalue weighted by atomic mass is 32.2. The molecule has 4 rings (SSSR count). The quantitative estimate of drug-likeness (QED) is 0.710. The second-order valence-electron chi connectivity index (χ2n) is 8.40. The Morgan fingerprint density at radius 2 is 1.86 bits per heavy atom. The topological polar surface area (TPSA) is 90.9 Å². The van der Waals surface area contributed by atoms with Crippen LogP contribution in [0.25, 0.3) is 0 Å². The van der Waals surface area contributed by atoms with E-state index in [1.807, 2.05) is 0 Å². The minimum Gasteiger partial charge on any atom is -0.345 e. The summed E-state index contributed by atoms with van der Waals surface area (Å²) in [6, 6.07) is 3.49. The number of fused-ring (bicyclic) bond motifs is 1. The van der Waals surface area contributed by atoms with Gasteiger partial charge < -0.3 is 9.80 Å². The molecule has 0 N–H and O–H groups in total. The van der Waals surface area contributed by atoms with Crippen LogP contribution < -0.4 is 0 Å². The van der Waals surface area contributed by atoms with Gasteiger partial charge >= 0.3 is 0 Å². The average Bonchev–Trinajstić information content (AvgIpc) is 3.16. The predicted octanol–water partition coefficient (Wildman–Crippen LogP) is 0.428. The van der Waals surface area contributed by atoms with Crippen LogP contribution in [-0.2, 0) is 14.8 Å². The van der Waals surface area contributed by atoms with Crippen molar-refractivity contribution in [3.63, 3.8) is 0 Å². The van der Waals surface area contributed by atoms with Gasteiger partial charge in [-0.3, -0.25) is 14.6 Å². The largest absolute Gasteiger partial charge is 0.345 e. The van der Waals surface area contributed by atoms with Crippen LogP contribution in [-0.4, -0.2) is 85.3 Å². The van der Waals surface area contributed by atoms with Crippen molar-refractivity contribution in [1.29, 1.82) is 0 Å². The molecule has 1 aromatic heterocycles. The summed E-state index contributed by atoms with van der Waals surface area (Å²) in [5.41, 5.74) is -0.535. The molecule has 9 heteroatoms. The van der Waals surface area contributed by atoms with Gasteiger partial charge in [-0.2, -0.15) is 0 Å². The second-order valence-corrected chi connectivity index (χ2v) is 10.4. The van der Waals surface area contributed by atoms with E-state index in [4.69, 9.17) is 0 Å². The molecular formula is C19H26N4O4S. The molecule has 8 nitrogen and oxygen atoms in total. The molecule has 1 aromatic rings. The minimum absolute atomic E-state index is 0.0469. The van der Waals surface area contributed by atoms with Gasteiger partial charge in [0.15, 0.2) is 0 Å². The van der Waals surface area contributed by atoms with Gasteiger partial charge in [-0.15, -0.1) is 0 Å². The first-order valence-corrected chi connectivity index (χ1v) is 11.4. The average molecular weight is 407 g/mol. The Labute approximate surface area is 165 Å². The lowest BCUT2D eigenvalue weighted by Gasteiger charge is -2.46. The lowest BCUT2D eigenvalue weighted by atomic mass is 9.60. The Hall–Kier alpha value is -2.00.